The molecular weight excluding hydrogens is 450 g/mol. The van der Waals surface area contributed by atoms with Crippen molar-refractivity contribution < 1.29 is 9.31 Å². The first-order valence-corrected chi connectivity index (χ1v) is 12.9. The Balaban J connectivity index is 0.000000272. The standard InChI is InChI=1S/C19H25ClNO.C7H8.C6H8/c1-4-5-15-8-11-17(14-6-9-16(20)10-7-14)21-18(13(2)3)12-22-19(15)21;1-7-5-3-2-4-6-7;1-3-5-6-4-2/h4,6-7,9-10,13,15,17-18H,1,5,8,11-12H2,2-3H3;2-6H,1H3;3-6H,1-2H2/q+1;;/b;;6-5-. The Labute approximate surface area is 218 Å². The normalized spacial score (nSPS) is 20.7. The molecule has 2 heterocycles. The van der Waals surface area contributed by atoms with Gasteiger partial charge >= 0.3 is 5.90 Å². The van der Waals surface area contributed by atoms with E-state index in [0.29, 0.717) is 23.9 Å². The number of aryl methyl sites for hydroxylation is 1. The number of hydrogen-bond acceptors (Lipinski definition) is 1. The molecule has 2 aliphatic rings. The number of benzene rings is 2. The number of halogens is 1. The van der Waals surface area contributed by atoms with Crippen molar-refractivity contribution in [2.24, 2.45) is 11.8 Å². The highest BCUT2D eigenvalue weighted by molar-refractivity contribution is 6.30. The van der Waals surface area contributed by atoms with Gasteiger partial charge in [0.2, 0.25) is 0 Å². The third kappa shape index (κ3) is 8.71. The van der Waals surface area contributed by atoms with E-state index in [4.69, 9.17) is 16.3 Å². The van der Waals surface area contributed by atoms with E-state index in [1.54, 1.807) is 12.2 Å². The average molecular weight is 491 g/mol. The predicted octanol–water partition coefficient (Wildman–Crippen LogP) is 8.74. The van der Waals surface area contributed by atoms with Crippen molar-refractivity contribution >= 4 is 17.5 Å². The quantitative estimate of drug-likeness (QED) is 0.224. The van der Waals surface area contributed by atoms with Crippen LogP contribution in [0.25, 0.3) is 0 Å². The van der Waals surface area contributed by atoms with Crippen molar-refractivity contribution in [2.45, 2.75) is 52.1 Å². The molecule has 0 saturated heterocycles. The van der Waals surface area contributed by atoms with Crippen molar-refractivity contribution in [1.29, 1.82) is 0 Å². The van der Waals surface area contributed by atoms with Crippen molar-refractivity contribution in [1.82, 2.24) is 0 Å². The van der Waals surface area contributed by atoms with Crippen LogP contribution >= 0.6 is 11.6 Å². The monoisotopic (exact) mass is 490 g/mol. The fourth-order valence-corrected chi connectivity index (χ4v) is 4.59. The number of rotatable bonds is 6. The zero-order valence-electron chi connectivity index (χ0n) is 21.6. The third-order valence-electron chi connectivity index (χ3n) is 6.29. The Hall–Kier alpha value is -2.84. The molecule has 0 radical (unpaired) electrons. The van der Waals surface area contributed by atoms with E-state index in [9.17, 15) is 0 Å². The van der Waals surface area contributed by atoms with Crippen LogP contribution in [0.1, 0.15) is 50.3 Å². The Morgan fingerprint density at radius 2 is 1.60 bits per heavy atom. The molecule has 3 unspecified atom stereocenters. The van der Waals surface area contributed by atoms with Crippen LogP contribution in [0, 0.1) is 18.8 Å². The summed E-state index contributed by atoms with van der Waals surface area (Å²) < 4.78 is 8.69. The molecule has 186 valence electrons. The molecule has 0 aromatic heterocycles. The highest BCUT2D eigenvalue weighted by Crippen LogP contribution is 2.37. The SMILES string of the molecule is C=C/C=C\C=C.C=CCC1CCC(c2ccc(Cl)cc2)[N+]2=C1OCC2C(C)C.Cc1ccccc1. The van der Waals surface area contributed by atoms with E-state index in [2.05, 4.69) is 69.3 Å². The lowest BCUT2D eigenvalue weighted by atomic mass is 9.88. The minimum Gasteiger partial charge on any atom is -0.441 e. The van der Waals surface area contributed by atoms with Crippen LogP contribution in [0.5, 0.6) is 0 Å². The van der Waals surface area contributed by atoms with Crippen LogP contribution in [-0.4, -0.2) is 23.1 Å². The number of allylic oxidation sites excluding steroid dienone is 5. The summed E-state index contributed by atoms with van der Waals surface area (Å²) in [5.41, 5.74) is 2.66. The van der Waals surface area contributed by atoms with Gasteiger partial charge in [-0.25, -0.2) is 0 Å². The maximum atomic E-state index is 6.14. The number of ether oxygens (including phenoxy) is 1. The van der Waals surface area contributed by atoms with Crippen LogP contribution in [0.15, 0.2) is 105 Å². The average Bonchev–Trinajstić information content (AvgIpc) is 3.31. The summed E-state index contributed by atoms with van der Waals surface area (Å²) in [4.78, 5) is 0. The van der Waals surface area contributed by atoms with Gasteiger partial charge in [0.25, 0.3) is 0 Å². The number of nitrogens with zero attached hydrogens (tertiary/aromatic N) is 1. The maximum Gasteiger partial charge on any atom is 0.340 e. The molecule has 2 aliphatic heterocycles. The third-order valence-corrected chi connectivity index (χ3v) is 6.54. The molecule has 0 aliphatic carbocycles. The first kappa shape index (κ1) is 28.4. The van der Waals surface area contributed by atoms with E-state index in [1.807, 2.05) is 48.6 Å². The van der Waals surface area contributed by atoms with Gasteiger partial charge in [-0.15, -0.1) is 6.58 Å². The van der Waals surface area contributed by atoms with E-state index in [1.165, 1.54) is 17.0 Å². The Kier molecular flexibility index (Phi) is 12.3. The topological polar surface area (TPSA) is 12.2 Å². The highest BCUT2D eigenvalue weighted by atomic mass is 35.5. The van der Waals surface area contributed by atoms with Crippen molar-refractivity contribution in [3.63, 3.8) is 0 Å². The van der Waals surface area contributed by atoms with Gasteiger partial charge in [-0.3, -0.25) is 0 Å². The summed E-state index contributed by atoms with van der Waals surface area (Å²) in [6.45, 7) is 18.3. The van der Waals surface area contributed by atoms with Gasteiger partial charge in [-0.2, -0.15) is 4.58 Å². The molecule has 2 aromatic carbocycles. The summed E-state index contributed by atoms with van der Waals surface area (Å²) in [5, 5.41) is 0.798. The van der Waals surface area contributed by atoms with Gasteiger partial charge in [0.15, 0.2) is 18.7 Å². The Bertz CT molecular complexity index is 978. The van der Waals surface area contributed by atoms with Crippen molar-refractivity contribution in [2.75, 3.05) is 6.61 Å². The van der Waals surface area contributed by atoms with Crippen LogP contribution in [0.3, 0.4) is 0 Å². The smallest absolute Gasteiger partial charge is 0.340 e. The van der Waals surface area contributed by atoms with Crippen molar-refractivity contribution in [3.05, 3.63) is 121 Å². The van der Waals surface area contributed by atoms with Gasteiger partial charge in [0.05, 0.1) is 5.92 Å². The second-order valence-corrected chi connectivity index (χ2v) is 9.68. The van der Waals surface area contributed by atoms with Gasteiger partial charge < -0.3 is 4.74 Å². The molecule has 0 saturated carbocycles. The summed E-state index contributed by atoms with van der Waals surface area (Å²) in [6, 6.07) is 19.4. The van der Waals surface area contributed by atoms with E-state index in [-0.39, 0.29) is 0 Å². The van der Waals surface area contributed by atoms with E-state index >= 15 is 0 Å². The second-order valence-electron chi connectivity index (χ2n) is 9.24. The molecule has 0 spiro atoms. The first-order valence-electron chi connectivity index (χ1n) is 12.5. The van der Waals surface area contributed by atoms with Crippen LogP contribution in [0.4, 0.5) is 0 Å². The van der Waals surface area contributed by atoms with Gasteiger partial charge in [0.1, 0.15) is 0 Å². The first-order chi connectivity index (χ1) is 16.9. The van der Waals surface area contributed by atoms with Gasteiger partial charge in [0, 0.05) is 22.9 Å². The molecule has 0 amide bonds. The lowest BCUT2D eigenvalue weighted by Crippen LogP contribution is -2.39. The van der Waals surface area contributed by atoms with Gasteiger partial charge in [-0.05, 0) is 31.9 Å². The second kappa shape index (κ2) is 15.2. The van der Waals surface area contributed by atoms with Gasteiger partial charge in [-0.1, -0.05) is 117 Å². The molecule has 4 rings (SSSR count). The Morgan fingerprint density at radius 1 is 0.971 bits per heavy atom. The Morgan fingerprint density at radius 3 is 2.09 bits per heavy atom. The minimum atomic E-state index is 0.406. The molecule has 3 heteroatoms. The summed E-state index contributed by atoms with van der Waals surface area (Å²) >= 11 is 6.05. The predicted molar refractivity (Wildman–Crippen MR) is 152 cm³/mol. The van der Waals surface area contributed by atoms with Crippen LogP contribution in [0.2, 0.25) is 5.02 Å². The molecule has 0 N–H and O–H groups in total. The molecule has 0 bridgehead atoms. The summed E-state index contributed by atoms with van der Waals surface area (Å²) in [7, 11) is 0. The van der Waals surface area contributed by atoms with E-state index < -0.39 is 0 Å². The molecular formula is C32H41ClNO+. The summed E-state index contributed by atoms with van der Waals surface area (Å²) in [6.07, 6.45) is 12.4. The lowest BCUT2D eigenvalue weighted by Gasteiger charge is -2.26. The van der Waals surface area contributed by atoms with E-state index in [0.717, 1.165) is 30.9 Å². The highest BCUT2D eigenvalue weighted by Gasteiger charge is 2.48. The summed E-state index contributed by atoms with van der Waals surface area (Å²) in [5.74, 6) is 2.25. The molecule has 0 fully saturated rings. The largest absolute Gasteiger partial charge is 0.441 e. The van der Waals surface area contributed by atoms with Crippen molar-refractivity contribution in [3.8, 4) is 0 Å². The molecule has 35 heavy (non-hydrogen) atoms. The van der Waals surface area contributed by atoms with Crippen LogP contribution < -0.4 is 0 Å². The maximum absolute atomic E-state index is 6.14. The molecule has 3 atom stereocenters. The minimum absolute atomic E-state index is 0.406. The molecule has 2 nitrogen and oxygen atoms in total. The van der Waals surface area contributed by atoms with Crippen LogP contribution in [-0.2, 0) is 4.74 Å². The zero-order chi connectivity index (χ0) is 25.6. The lowest BCUT2D eigenvalue weighted by molar-refractivity contribution is -0.611. The fourth-order valence-electron chi connectivity index (χ4n) is 4.46. The number of hydrogen-bond donors (Lipinski definition) is 0. The molecule has 2 aromatic rings. The fraction of sp³-hybridized carbons (Fsp3) is 0.344. The zero-order valence-corrected chi connectivity index (χ0v) is 22.3.